The standard InChI is InChI=1S/C14H19NO4/c1-9(2)14(18)15-12(8-13(16)17)10-5-4-6-11(7-10)19-3/h4-7,9,12H,8H2,1-3H3,(H,15,18)(H,16,17). The van der Waals surface area contributed by atoms with Crippen molar-refractivity contribution in [2.75, 3.05) is 7.11 Å². The molecule has 0 aromatic heterocycles. The van der Waals surface area contributed by atoms with Crippen molar-refractivity contribution in [2.24, 2.45) is 5.92 Å². The van der Waals surface area contributed by atoms with Crippen LogP contribution in [0.15, 0.2) is 24.3 Å². The summed E-state index contributed by atoms with van der Waals surface area (Å²) in [5.74, 6) is -0.695. The van der Waals surface area contributed by atoms with Crippen molar-refractivity contribution >= 4 is 11.9 Å². The number of carboxylic acids is 1. The summed E-state index contributed by atoms with van der Waals surface area (Å²) in [4.78, 5) is 22.6. The average Bonchev–Trinajstić information content (AvgIpc) is 2.37. The lowest BCUT2D eigenvalue weighted by Gasteiger charge is -2.19. The van der Waals surface area contributed by atoms with Crippen LogP contribution in [0.3, 0.4) is 0 Å². The number of rotatable bonds is 6. The van der Waals surface area contributed by atoms with Gasteiger partial charge in [0.15, 0.2) is 0 Å². The molecule has 0 bridgehead atoms. The molecule has 5 heteroatoms. The first-order valence-electron chi connectivity index (χ1n) is 6.10. The molecule has 0 heterocycles. The Morgan fingerprint density at radius 1 is 1.37 bits per heavy atom. The lowest BCUT2D eigenvalue weighted by molar-refractivity contribution is -0.137. The Kier molecular flexibility index (Phi) is 5.36. The number of carbonyl (C=O) groups is 2. The van der Waals surface area contributed by atoms with Gasteiger partial charge in [0.1, 0.15) is 5.75 Å². The van der Waals surface area contributed by atoms with E-state index >= 15 is 0 Å². The number of methoxy groups -OCH3 is 1. The second kappa shape index (κ2) is 6.78. The molecular weight excluding hydrogens is 246 g/mol. The van der Waals surface area contributed by atoms with Crippen LogP contribution in [0.4, 0.5) is 0 Å². The molecule has 1 atom stereocenters. The molecule has 19 heavy (non-hydrogen) atoms. The van der Waals surface area contributed by atoms with Gasteiger partial charge in [-0.25, -0.2) is 0 Å². The summed E-state index contributed by atoms with van der Waals surface area (Å²) >= 11 is 0. The maximum atomic E-state index is 11.7. The first-order chi connectivity index (χ1) is 8.93. The monoisotopic (exact) mass is 265 g/mol. The fourth-order valence-electron chi connectivity index (χ4n) is 1.62. The van der Waals surface area contributed by atoms with Gasteiger partial charge in [-0.1, -0.05) is 26.0 Å². The van der Waals surface area contributed by atoms with E-state index < -0.39 is 12.0 Å². The molecule has 2 N–H and O–H groups in total. The Morgan fingerprint density at radius 3 is 2.58 bits per heavy atom. The van der Waals surface area contributed by atoms with Gasteiger partial charge in [-0.05, 0) is 17.7 Å². The summed E-state index contributed by atoms with van der Waals surface area (Å²) in [6.45, 7) is 3.53. The molecule has 1 unspecified atom stereocenters. The fraction of sp³-hybridized carbons (Fsp3) is 0.429. The molecule has 0 saturated heterocycles. The number of benzene rings is 1. The van der Waals surface area contributed by atoms with Crippen molar-refractivity contribution in [3.8, 4) is 5.75 Å². The zero-order valence-corrected chi connectivity index (χ0v) is 11.3. The Labute approximate surface area is 112 Å². The molecule has 0 spiro atoms. The van der Waals surface area contributed by atoms with E-state index in [1.165, 1.54) is 7.11 Å². The van der Waals surface area contributed by atoms with Crippen molar-refractivity contribution in [1.29, 1.82) is 0 Å². The fourth-order valence-corrected chi connectivity index (χ4v) is 1.62. The van der Waals surface area contributed by atoms with Gasteiger partial charge in [0.05, 0.1) is 19.6 Å². The van der Waals surface area contributed by atoms with Crippen LogP contribution < -0.4 is 10.1 Å². The summed E-state index contributed by atoms with van der Waals surface area (Å²) in [6.07, 6.45) is -0.161. The van der Waals surface area contributed by atoms with Crippen LogP contribution in [0.25, 0.3) is 0 Å². The van der Waals surface area contributed by atoms with Gasteiger partial charge in [-0.15, -0.1) is 0 Å². The molecule has 0 aliphatic rings. The largest absolute Gasteiger partial charge is 0.497 e. The lowest BCUT2D eigenvalue weighted by atomic mass is 10.0. The van der Waals surface area contributed by atoms with Crippen molar-refractivity contribution in [1.82, 2.24) is 5.32 Å². The Balaban J connectivity index is 2.94. The molecular formula is C14H19NO4. The van der Waals surface area contributed by atoms with Gasteiger partial charge in [0, 0.05) is 5.92 Å². The van der Waals surface area contributed by atoms with Crippen LogP contribution in [0.2, 0.25) is 0 Å². The zero-order valence-electron chi connectivity index (χ0n) is 11.3. The van der Waals surface area contributed by atoms with Crippen LogP contribution in [0, 0.1) is 5.92 Å². The number of amides is 1. The van der Waals surface area contributed by atoms with E-state index in [1.807, 2.05) is 0 Å². The Bertz CT molecular complexity index is 457. The number of aliphatic carboxylic acids is 1. The number of ether oxygens (including phenoxy) is 1. The van der Waals surface area contributed by atoms with E-state index in [-0.39, 0.29) is 18.2 Å². The third-order valence-corrected chi connectivity index (χ3v) is 2.72. The minimum Gasteiger partial charge on any atom is -0.497 e. The molecule has 104 valence electrons. The minimum absolute atomic E-state index is 0.161. The van der Waals surface area contributed by atoms with Crippen LogP contribution in [-0.4, -0.2) is 24.1 Å². The second-order valence-corrected chi connectivity index (χ2v) is 4.59. The van der Waals surface area contributed by atoms with Crippen molar-refractivity contribution in [3.05, 3.63) is 29.8 Å². The van der Waals surface area contributed by atoms with Gasteiger partial charge in [0.25, 0.3) is 0 Å². The summed E-state index contributed by atoms with van der Waals surface area (Å²) in [6, 6.07) is 6.49. The quantitative estimate of drug-likeness (QED) is 0.824. The second-order valence-electron chi connectivity index (χ2n) is 4.59. The van der Waals surface area contributed by atoms with Gasteiger partial charge < -0.3 is 15.2 Å². The normalized spacial score (nSPS) is 12.0. The molecule has 0 fully saturated rings. The first kappa shape index (κ1) is 15.0. The maximum Gasteiger partial charge on any atom is 0.305 e. The molecule has 1 aromatic carbocycles. The molecule has 0 saturated carbocycles. The summed E-state index contributed by atoms with van der Waals surface area (Å²) in [7, 11) is 1.54. The van der Waals surface area contributed by atoms with Gasteiger partial charge in [-0.2, -0.15) is 0 Å². The minimum atomic E-state index is -0.961. The SMILES string of the molecule is COc1cccc(C(CC(=O)O)NC(=O)C(C)C)c1. The highest BCUT2D eigenvalue weighted by Gasteiger charge is 2.19. The lowest BCUT2D eigenvalue weighted by Crippen LogP contribution is -2.33. The molecule has 1 rings (SSSR count). The predicted molar refractivity (Wildman–Crippen MR) is 71.0 cm³/mol. The predicted octanol–water partition coefficient (Wildman–Crippen LogP) is 1.98. The number of nitrogens with one attached hydrogen (secondary N) is 1. The van der Waals surface area contributed by atoms with E-state index in [2.05, 4.69) is 5.32 Å². The van der Waals surface area contributed by atoms with Crippen LogP contribution in [-0.2, 0) is 9.59 Å². The first-order valence-corrected chi connectivity index (χ1v) is 6.10. The van der Waals surface area contributed by atoms with E-state index in [0.29, 0.717) is 5.75 Å². The van der Waals surface area contributed by atoms with Gasteiger partial charge in [0.2, 0.25) is 5.91 Å². The summed E-state index contributed by atoms with van der Waals surface area (Å²) in [5, 5.41) is 11.7. The third-order valence-electron chi connectivity index (χ3n) is 2.72. The number of carbonyl (C=O) groups excluding carboxylic acids is 1. The average molecular weight is 265 g/mol. The molecule has 1 aromatic rings. The molecule has 0 aliphatic carbocycles. The molecule has 1 amide bonds. The topological polar surface area (TPSA) is 75.6 Å². The smallest absolute Gasteiger partial charge is 0.305 e. The molecule has 5 nitrogen and oxygen atoms in total. The van der Waals surface area contributed by atoms with Crippen molar-refractivity contribution in [2.45, 2.75) is 26.3 Å². The highest BCUT2D eigenvalue weighted by atomic mass is 16.5. The van der Waals surface area contributed by atoms with Crippen molar-refractivity contribution in [3.63, 3.8) is 0 Å². The van der Waals surface area contributed by atoms with E-state index in [4.69, 9.17) is 9.84 Å². The third kappa shape index (κ3) is 4.62. The molecule has 0 aliphatic heterocycles. The van der Waals surface area contributed by atoms with Gasteiger partial charge >= 0.3 is 5.97 Å². The van der Waals surface area contributed by atoms with E-state index in [0.717, 1.165) is 5.56 Å². The summed E-state index contributed by atoms with van der Waals surface area (Å²) < 4.78 is 5.10. The number of carboxylic acid groups (broad SMARTS) is 1. The highest BCUT2D eigenvalue weighted by Crippen LogP contribution is 2.22. The van der Waals surface area contributed by atoms with Crippen LogP contribution in [0.5, 0.6) is 5.75 Å². The maximum absolute atomic E-state index is 11.7. The molecule has 0 radical (unpaired) electrons. The van der Waals surface area contributed by atoms with E-state index in [1.54, 1.807) is 38.1 Å². The summed E-state index contributed by atoms with van der Waals surface area (Å²) in [5.41, 5.74) is 0.718. The number of hydrogen-bond donors (Lipinski definition) is 2. The Morgan fingerprint density at radius 2 is 2.05 bits per heavy atom. The van der Waals surface area contributed by atoms with Crippen molar-refractivity contribution < 1.29 is 19.4 Å². The van der Waals surface area contributed by atoms with Gasteiger partial charge in [-0.3, -0.25) is 9.59 Å². The van der Waals surface area contributed by atoms with Crippen LogP contribution >= 0.6 is 0 Å². The highest BCUT2D eigenvalue weighted by molar-refractivity contribution is 5.79. The Hall–Kier alpha value is -2.04. The zero-order chi connectivity index (χ0) is 14.4. The van der Waals surface area contributed by atoms with Crippen LogP contribution in [0.1, 0.15) is 31.9 Å². The number of hydrogen-bond acceptors (Lipinski definition) is 3. The van der Waals surface area contributed by atoms with E-state index in [9.17, 15) is 9.59 Å².